The maximum absolute atomic E-state index is 13.2. The summed E-state index contributed by atoms with van der Waals surface area (Å²) in [5.41, 5.74) is 3.04. The fourth-order valence-electron chi connectivity index (χ4n) is 3.08. The molecule has 0 unspecified atom stereocenters. The molecular formula is C20H20FN5. The zero-order valence-electron chi connectivity index (χ0n) is 14.6. The number of halogens is 1. The molecule has 0 atom stereocenters. The standard InChI is InChI=1S/C20H20FN5/c1-2-3-6-13-22-19-16-7-4-5-8-17(16)26-20(23-19)18(24-25-26)14-9-11-15(21)12-10-14/h4-5,7-12H,2-3,6,13H2,1H3,(H,22,23). The zero-order chi connectivity index (χ0) is 17.9. The molecule has 0 aliphatic rings. The molecule has 0 aliphatic heterocycles. The Labute approximate surface area is 150 Å². The lowest BCUT2D eigenvalue weighted by molar-refractivity contribution is 0.628. The second-order valence-corrected chi connectivity index (χ2v) is 6.29. The Kier molecular flexibility index (Phi) is 4.48. The maximum Gasteiger partial charge on any atom is 0.186 e. The Hall–Kier alpha value is -3.02. The van der Waals surface area contributed by atoms with Gasteiger partial charge >= 0.3 is 0 Å². The summed E-state index contributed by atoms with van der Waals surface area (Å²) in [5.74, 6) is 0.553. The summed E-state index contributed by atoms with van der Waals surface area (Å²) in [6, 6.07) is 14.2. The van der Waals surface area contributed by atoms with Crippen molar-refractivity contribution in [3.63, 3.8) is 0 Å². The highest BCUT2D eigenvalue weighted by molar-refractivity contribution is 5.93. The Balaban J connectivity index is 1.84. The van der Waals surface area contributed by atoms with Gasteiger partial charge in [-0.05, 0) is 42.8 Å². The van der Waals surface area contributed by atoms with Crippen molar-refractivity contribution in [2.75, 3.05) is 11.9 Å². The molecule has 0 amide bonds. The second kappa shape index (κ2) is 7.07. The molecule has 4 rings (SSSR count). The minimum absolute atomic E-state index is 0.276. The highest BCUT2D eigenvalue weighted by Crippen LogP contribution is 2.28. The molecule has 1 N–H and O–H groups in total. The number of fused-ring (bicyclic) bond motifs is 3. The van der Waals surface area contributed by atoms with E-state index in [0.717, 1.165) is 35.2 Å². The van der Waals surface area contributed by atoms with E-state index in [-0.39, 0.29) is 5.82 Å². The van der Waals surface area contributed by atoms with Crippen LogP contribution in [-0.2, 0) is 0 Å². The van der Waals surface area contributed by atoms with Crippen LogP contribution in [-0.4, -0.2) is 26.4 Å². The van der Waals surface area contributed by atoms with Crippen LogP contribution in [0, 0.1) is 5.82 Å². The van der Waals surface area contributed by atoms with E-state index in [1.807, 2.05) is 24.3 Å². The van der Waals surface area contributed by atoms with Gasteiger partial charge in [-0.1, -0.05) is 37.1 Å². The number of hydrogen-bond donors (Lipinski definition) is 1. The van der Waals surface area contributed by atoms with Crippen LogP contribution in [0.2, 0.25) is 0 Å². The molecule has 0 radical (unpaired) electrons. The van der Waals surface area contributed by atoms with Gasteiger partial charge in [-0.15, -0.1) is 5.10 Å². The molecule has 132 valence electrons. The van der Waals surface area contributed by atoms with Crippen molar-refractivity contribution in [1.29, 1.82) is 0 Å². The third-order valence-electron chi connectivity index (χ3n) is 4.44. The van der Waals surface area contributed by atoms with Crippen LogP contribution in [0.4, 0.5) is 10.2 Å². The predicted octanol–water partition coefficient (Wildman–Crippen LogP) is 4.69. The van der Waals surface area contributed by atoms with E-state index >= 15 is 0 Å². The van der Waals surface area contributed by atoms with Crippen molar-refractivity contribution < 1.29 is 4.39 Å². The molecule has 0 bridgehead atoms. The smallest absolute Gasteiger partial charge is 0.186 e. The fraction of sp³-hybridized carbons (Fsp3) is 0.250. The number of unbranched alkanes of at least 4 members (excludes halogenated alkanes) is 2. The Bertz CT molecular complexity index is 1040. The highest BCUT2D eigenvalue weighted by Gasteiger charge is 2.15. The molecule has 0 saturated heterocycles. The van der Waals surface area contributed by atoms with Crippen LogP contribution < -0.4 is 5.32 Å². The number of aromatic nitrogens is 4. The molecule has 4 aromatic rings. The fourth-order valence-corrected chi connectivity index (χ4v) is 3.08. The largest absolute Gasteiger partial charge is 0.369 e. The lowest BCUT2D eigenvalue weighted by Gasteiger charge is -2.10. The number of rotatable bonds is 6. The average molecular weight is 349 g/mol. The summed E-state index contributed by atoms with van der Waals surface area (Å²) < 4.78 is 15.0. The molecule has 5 nitrogen and oxygen atoms in total. The quantitative estimate of drug-likeness (QED) is 0.513. The molecule has 0 fully saturated rings. The first-order valence-corrected chi connectivity index (χ1v) is 8.92. The van der Waals surface area contributed by atoms with E-state index < -0.39 is 0 Å². The average Bonchev–Trinajstić information content (AvgIpc) is 3.10. The summed E-state index contributed by atoms with van der Waals surface area (Å²) in [7, 11) is 0. The van der Waals surface area contributed by atoms with Crippen molar-refractivity contribution in [2.45, 2.75) is 26.2 Å². The number of nitrogens with one attached hydrogen (secondary N) is 1. The van der Waals surface area contributed by atoms with Crippen molar-refractivity contribution in [3.8, 4) is 11.3 Å². The summed E-state index contributed by atoms with van der Waals surface area (Å²) in [4.78, 5) is 4.79. The summed E-state index contributed by atoms with van der Waals surface area (Å²) in [6.07, 6.45) is 3.46. The number of hydrogen-bond acceptors (Lipinski definition) is 4. The van der Waals surface area contributed by atoms with Gasteiger partial charge < -0.3 is 5.32 Å². The molecule has 2 aromatic heterocycles. The van der Waals surface area contributed by atoms with E-state index in [1.54, 1.807) is 16.6 Å². The Morgan fingerprint density at radius 1 is 1.04 bits per heavy atom. The van der Waals surface area contributed by atoms with E-state index in [0.29, 0.717) is 11.3 Å². The van der Waals surface area contributed by atoms with Crippen LogP contribution in [0.25, 0.3) is 27.8 Å². The topological polar surface area (TPSA) is 55.1 Å². The lowest BCUT2D eigenvalue weighted by Crippen LogP contribution is -2.06. The monoisotopic (exact) mass is 349 g/mol. The van der Waals surface area contributed by atoms with Crippen LogP contribution in [0.3, 0.4) is 0 Å². The van der Waals surface area contributed by atoms with Gasteiger partial charge in [-0.3, -0.25) is 0 Å². The van der Waals surface area contributed by atoms with E-state index in [2.05, 4.69) is 22.6 Å². The minimum atomic E-state index is -0.276. The molecule has 26 heavy (non-hydrogen) atoms. The number of para-hydroxylation sites is 1. The third kappa shape index (κ3) is 2.98. The number of benzene rings is 2. The minimum Gasteiger partial charge on any atom is -0.369 e. The van der Waals surface area contributed by atoms with Crippen molar-refractivity contribution in [1.82, 2.24) is 19.8 Å². The van der Waals surface area contributed by atoms with E-state index in [9.17, 15) is 4.39 Å². The van der Waals surface area contributed by atoms with Crippen LogP contribution >= 0.6 is 0 Å². The van der Waals surface area contributed by atoms with E-state index in [4.69, 9.17) is 4.98 Å². The zero-order valence-corrected chi connectivity index (χ0v) is 14.6. The van der Waals surface area contributed by atoms with Gasteiger partial charge in [-0.2, -0.15) is 4.52 Å². The van der Waals surface area contributed by atoms with Crippen LogP contribution in [0.5, 0.6) is 0 Å². The van der Waals surface area contributed by atoms with Crippen LogP contribution in [0.15, 0.2) is 48.5 Å². The first-order chi connectivity index (χ1) is 12.8. The lowest BCUT2D eigenvalue weighted by atomic mass is 10.1. The maximum atomic E-state index is 13.2. The van der Waals surface area contributed by atoms with Gasteiger partial charge in [-0.25, -0.2) is 9.37 Å². The summed E-state index contributed by atoms with van der Waals surface area (Å²) >= 11 is 0. The normalized spacial score (nSPS) is 11.3. The highest BCUT2D eigenvalue weighted by atomic mass is 19.1. The van der Waals surface area contributed by atoms with Crippen molar-refractivity contribution in [3.05, 3.63) is 54.3 Å². The first kappa shape index (κ1) is 16.4. The van der Waals surface area contributed by atoms with Gasteiger partial charge in [0.1, 0.15) is 17.3 Å². The molecule has 2 heterocycles. The third-order valence-corrected chi connectivity index (χ3v) is 4.44. The first-order valence-electron chi connectivity index (χ1n) is 8.92. The van der Waals surface area contributed by atoms with Gasteiger partial charge in [0, 0.05) is 17.5 Å². The predicted molar refractivity (Wildman–Crippen MR) is 102 cm³/mol. The van der Waals surface area contributed by atoms with Crippen LogP contribution in [0.1, 0.15) is 26.2 Å². The van der Waals surface area contributed by atoms with E-state index in [1.165, 1.54) is 25.0 Å². The SMILES string of the molecule is CCCCCNc1nc2c(-c3ccc(F)cc3)nnn2c2ccccc12. The molecule has 2 aromatic carbocycles. The van der Waals surface area contributed by atoms with Gasteiger partial charge in [0.25, 0.3) is 0 Å². The Morgan fingerprint density at radius 3 is 2.65 bits per heavy atom. The van der Waals surface area contributed by atoms with Gasteiger partial charge in [0.15, 0.2) is 5.65 Å². The molecular weight excluding hydrogens is 329 g/mol. The molecule has 0 saturated carbocycles. The number of anilines is 1. The summed E-state index contributed by atoms with van der Waals surface area (Å²) in [5, 5.41) is 13.0. The Morgan fingerprint density at radius 2 is 1.85 bits per heavy atom. The summed E-state index contributed by atoms with van der Waals surface area (Å²) in [6.45, 7) is 3.06. The van der Waals surface area contributed by atoms with Gasteiger partial charge in [0.2, 0.25) is 0 Å². The van der Waals surface area contributed by atoms with Gasteiger partial charge in [0.05, 0.1) is 5.52 Å². The van der Waals surface area contributed by atoms with Crippen molar-refractivity contribution >= 4 is 22.4 Å². The number of nitrogens with zero attached hydrogens (tertiary/aromatic N) is 4. The molecule has 0 aliphatic carbocycles. The van der Waals surface area contributed by atoms with Crippen molar-refractivity contribution in [2.24, 2.45) is 0 Å². The second-order valence-electron chi connectivity index (χ2n) is 6.29. The molecule has 6 heteroatoms. The molecule has 0 spiro atoms.